The number of para-hydroxylation sites is 1. The third kappa shape index (κ3) is 4.60. The minimum atomic E-state index is -0.622. The van der Waals surface area contributed by atoms with Gasteiger partial charge in [-0.15, -0.1) is 0 Å². The summed E-state index contributed by atoms with van der Waals surface area (Å²) < 4.78 is 0. The maximum Gasteiger partial charge on any atom is 0.242 e. The number of aromatic amines is 1. The van der Waals surface area contributed by atoms with Crippen LogP contribution in [0.25, 0.3) is 10.9 Å². The predicted octanol–water partition coefficient (Wildman–Crippen LogP) is 3.31. The van der Waals surface area contributed by atoms with Crippen LogP contribution in [0.5, 0.6) is 0 Å². The lowest BCUT2D eigenvalue weighted by Gasteiger charge is -2.27. The molecule has 28 heavy (non-hydrogen) atoms. The molecule has 0 saturated heterocycles. The van der Waals surface area contributed by atoms with Crippen molar-refractivity contribution in [3.05, 3.63) is 71.9 Å². The van der Waals surface area contributed by atoms with Crippen molar-refractivity contribution in [3.8, 4) is 0 Å². The first kappa shape index (κ1) is 19.7. The fraction of sp³-hybridized carbons (Fsp3) is 0.304. The molecule has 0 aliphatic heterocycles. The highest BCUT2D eigenvalue weighted by Gasteiger charge is 2.25. The van der Waals surface area contributed by atoms with Crippen LogP contribution in [0.2, 0.25) is 0 Å². The molecule has 5 nitrogen and oxygen atoms in total. The van der Waals surface area contributed by atoms with Gasteiger partial charge in [-0.1, -0.05) is 62.4 Å². The van der Waals surface area contributed by atoms with Crippen LogP contribution in [0.1, 0.15) is 31.9 Å². The van der Waals surface area contributed by atoms with Gasteiger partial charge in [0.05, 0.1) is 0 Å². The molecule has 2 aromatic carbocycles. The van der Waals surface area contributed by atoms with E-state index in [1.807, 2.05) is 48.7 Å². The molecular formula is C23H27N3O2. The number of carbonyl (C=O) groups excluding carboxylic acids is 2. The SMILES string of the molecule is CC(=O)NC(Cc1c[nH]c2ccccc12)C(=O)NCC(C)(C)c1ccccc1. The van der Waals surface area contributed by atoms with E-state index in [-0.39, 0.29) is 17.2 Å². The smallest absolute Gasteiger partial charge is 0.242 e. The molecule has 1 aromatic heterocycles. The van der Waals surface area contributed by atoms with E-state index in [0.717, 1.165) is 22.0 Å². The summed E-state index contributed by atoms with van der Waals surface area (Å²) in [5, 5.41) is 6.88. The van der Waals surface area contributed by atoms with Gasteiger partial charge in [0.1, 0.15) is 6.04 Å². The van der Waals surface area contributed by atoms with Gasteiger partial charge in [0.2, 0.25) is 11.8 Å². The maximum atomic E-state index is 12.9. The van der Waals surface area contributed by atoms with Gasteiger partial charge in [0, 0.05) is 42.4 Å². The van der Waals surface area contributed by atoms with Gasteiger partial charge in [-0.3, -0.25) is 9.59 Å². The van der Waals surface area contributed by atoms with Crippen LogP contribution in [0.4, 0.5) is 0 Å². The molecule has 0 radical (unpaired) electrons. The minimum absolute atomic E-state index is 0.176. The number of amides is 2. The largest absolute Gasteiger partial charge is 0.361 e. The fourth-order valence-corrected chi connectivity index (χ4v) is 3.40. The monoisotopic (exact) mass is 377 g/mol. The van der Waals surface area contributed by atoms with Gasteiger partial charge in [-0.2, -0.15) is 0 Å². The summed E-state index contributed by atoms with van der Waals surface area (Å²) in [6, 6.07) is 17.4. The van der Waals surface area contributed by atoms with Gasteiger partial charge < -0.3 is 15.6 Å². The van der Waals surface area contributed by atoms with Crippen LogP contribution in [-0.4, -0.2) is 29.4 Å². The van der Waals surface area contributed by atoms with E-state index >= 15 is 0 Å². The lowest BCUT2D eigenvalue weighted by Crippen LogP contribution is -2.49. The summed E-state index contributed by atoms with van der Waals surface area (Å²) in [5.74, 6) is -0.396. The topological polar surface area (TPSA) is 74.0 Å². The van der Waals surface area contributed by atoms with Crippen molar-refractivity contribution in [2.75, 3.05) is 6.54 Å². The Morgan fingerprint density at radius 2 is 1.71 bits per heavy atom. The Labute approximate surface area is 165 Å². The van der Waals surface area contributed by atoms with Crippen LogP contribution in [0, 0.1) is 0 Å². The molecular weight excluding hydrogens is 350 g/mol. The molecule has 5 heteroatoms. The van der Waals surface area contributed by atoms with E-state index in [9.17, 15) is 9.59 Å². The van der Waals surface area contributed by atoms with Crippen LogP contribution in [0.3, 0.4) is 0 Å². The summed E-state index contributed by atoms with van der Waals surface area (Å²) in [6.07, 6.45) is 2.34. The molecule has 0 bridgehead atoms. The number of aromatic nitrogens is 1. The van der Waals surface area contributed by atoms with Crippen molar-refractivity contribution >= 4 is 22.7 Å². The molecule has 0 fully saturated rings. The lowest BCUT2D eigenvalue weighted by atomic mass is 9.84. The number of nitrogens with one attached hydrogen (secondary N) is 3. The first-order valence-electron chi connectivity index (χ1n) is 9.52. The highest BCUT2D eigenvalue weighted by atomic mass is 16.2. The van der Waals surface area contributed by atoms with Crippen LogP contribution in [-0.2, 0) is 21.4 Å². The molecule has 0 aliphatic rings. The first-order chi connectivity index (χ1) is 13.4. The summed E-state index contributed by atoms with van der Waals surface area (Å²) in [5.41, 5.74) is 2.97. The molecule has 3 N–H and O–H groups in total. The number of hydrogen-bond acceptors (Lipinski definition) is 2. The number of hydrogen-bond donors (Lipinski definition) is 3. The van der Waals surface area contributed by atoms with E-state index in [1.165, 1.54) is 6.92 Å². The molecule has 146 valence electrons. The molecule has 0 aliphatic carbocycles. The molecule has 1 unspecified atom stereocenters. The number of fused-ring (bicyclic) bond motifs is 1. The zero-order valence-corrected chi connectivity index (χ0v) is 16.6. The molecule has 2 amide bonds. The van der Waals surface area contributed by atoms with E-state index in [1.54, 1.807) is 0 Å². The first-order valence-corrected chi connectivity index (χ1v) is 9.52. The predicted molar refractivity (Wildman–Crippen MR) is 112 cm³/mol. The third-order valence-corrected chi connectivity index (χ3v) is 5.05. The number of carbonyl (C=O) groups is 2. The van der Waals surface area contributed by atoms with Crippen molar-refractivity contribution in [2.45, 2.75) is 38.6 Å². The Balaban J connectivity index is 1.72. The maximum absolute atomic E-state index is 12.9. The third-order valence-electron chi connectivity index (χ3n) is 5.05. The quantitative estimate of drug-likeness (QED) is 0.591. The average Bonchev–Trinajstić information content (AvgIpc) is 3.09. The van der Waals surface area contributed by atoms with Crippen molar-refractivity contribution in [2.24, 2.45) is 0 Å². The molecule has 3 rings (SSSR count). The normalized spacial score (nSPS) is 12.5. The van der Waals surface area contributed by atoms with E-state index < -0.39 is 6.04 Å². The number of H-pyrrole nitrogens is 1. The van der Waals surface area contributed by atoms with Gasteiger partial charge in [0.15, 0.2) is 0 Å². The molecule has 1 atom stereocenters. The Morgan fingerprint density at radius 1 is 1.04 bits per heavy atom. The molecule has 3 aromatic rings. The summed E-state index contributed by atoms with van der Waals surface area (Å²) in [6.45, 7) is 6.11. The molecule has 0 spiro atoms. The highest BCUT2D eigenvalue weighted by molar-refractivity contribution is 5.89. The highest BCUT2D eigenvalue weighted by Crippen LogP contribution is 2.22. The Bertz CT molecular complexity index is 960. The Hall–Kier alpha value is -3.08. The van der Waals surface area contributed by atoms with Crippen LogP contribution >= 0.6 is 0 Å². The van der Waals surface area contributed by atoms with Gasteiger partial charge in [-0.25, -0.2) is 0 Å². The summed E-state index contributed by atoms with van der Waals surface area (Å²) in [4.78, 5) is 27.8. The number of rotatable bonds is 7. The lowest BCUT2D eigenvalue weighted by molar-refractivity contribution is -0.128. The van der Waals surface area contributed by atoms with E-state index in [4.69, 9.17) is 0 Å². The van der Waals surface area contributed by atoms with Crippen molar-refractivity contribution in [1.82, 2.24) is 15.6 Å². The molecule has 1 heterocycles. The van der Waals surface area contributed by atoms with Gasteiger partial charge in [0.25, 0.3) is 0 Å². The standard InChI is InChI=1S/C23H27N3O2/c1-16(27)26-21(13-17-14-24-20-12-8-7-11-19(17)20)22(28)25-15-23(2,3)18-9-5-4-6-10-18/h4-12,14,21,24H,13,15H2,1-3H3,(H,25,28)(H,26,27). The second-order valence-corrected chi connectivity index (χ2v) is 7.78. The van der Waals surface area contributed by atoms with Crippen molar-refractivity contribution in [3.63, 3.8) is 0 Å². The number of benzene rings is 2. The fourth-order valence-electron chi connectivity index (χ4n) is 3.40. The second-order valence-electron chi connectivity index (χ2n) is 7.78. The summed E-state index contributed by atoms with van der Waals surface area (Å²) in [7, 11) is 0. The van der Waals surface area contributed by atoms with Crippen LogP contribution in [0.15, 0.2) is 60.8 Å². The van der Waals surface area contributed by atoms with Gasteiger partial charge in [-0.05, 0) is 17.2 Å². The van der Waals surface area contributed by atoms with E-state index in [2.05, 4.69) is 41.6 Å². The summed E-state index contributed by atoms with van der Waals surface area (Å²) >= 11 is 0. The van der Waals surface area contributed by atoms with E-state index in [0.29, 0.717) is 13.0 Å². The zero-order valence-electron chi connectivity index (χ0n) is 16.6. The Morgan fingerprint density at radius 3 is 2.43 bits per heavy atom. The molecule has 0 saturated carbocycles. The van der Waals surface area contributed by atoms with Crippen molar-refractivity contribution in [1.29, 1.82) is 0 Å². The van der Waals surface area contributed by atoms with Crippen molar-refractivity contribution < 1.29 is 9.59 Å². The zero-order chi connectivity index (χ0) is 20.1. The van der Waals surface area contributed by atoms with Gasteiger partial charge >= 0.3 is 0 Å². The average molecular weight is 377 g/mol. The Kier molecular flexibility index (Phi) is 5.83. The second kappa shape index (κ2) is 8.30. The van der Waals surface area contributed by atoms with Crippen LogP contribution < -0.4 is 10.6 Å². The minimum Gasteiger partial charge on any atom is -0.361 e.